The number of urea groups is 1. The minimum Gasteiger partial charge on any atom is -0.273 e. The lowest BCUT2D eigenvalue weighted by molar-refractivity contribution is -0.122. The van der Waals surface area contributed by atoms with Gasteiger partial charge in [0.2, 0.25) is 0 Å². The maximum Gasteiger partial charge on any atom is 0.335 e. The second-order valence-corrected chi connectivity index (χ2v) is 9.18. The summed E-state index contributed by atoms with van der Waals surface area (Å²) in [5.41, 5.74) is 3.53. The Balaban J connectivity index is 1.64. The van der Waals surface area contributed by atoms with Crippen molar-refractivity contribution in [3.63, 3.8) is 0 Å². The largest absolute Gasteiger partial charge is 0.335 e. The molecule has 0 aromatic heterocycles. The van der Waals surface area contributed by atoms with Crippen LogP contribution in [0.2, 0.25) is 10.0 Å². The number of nitrogens with zero attached hydrogens (tertiary/aromatic N) is 1. The minimum absolute atomic E-state index is 0.156. The molecule has 0 bridgehead atoms. The Morgan fingerprint density at radius 2 is 1.70 bits per heavy atom. The van der Waals surface area contributed by atoms with E-state index in [1.165, 1.54) is 12.1 Å². The van der Waals surface area contributed by atoms with Crippen molar-refractivity contribution in [1.29, 1.82) is 0 Å². The summed E-state index contributed by atoms with van der Waals surface area (Å²) in [6, 6.07) is 17.1. The van der Waals surface area contributed by atoms with Gasteiger partial charge in [0.1, 0.15) is 5.57 Å². The average molecular weight is 544 g/mol. The van der Waals surface area contributed by atoms with Gasteiger partial charge in [-0.1, -0.05) is 75.5 Å². The summed E-state index contributed by atoms with van der Waals surface area (Å²) < 4.78 is 0.804. The number of hydrogen-bond acceptors (Lipinski definition) is 3. The number of imide groups is 2. The SMILES string of the molecule is Cc1ccc(N2C(=O)NC(=O)/C(=C\c3ccc(Cc4ccccc4Cl)c(Br)c3)C2=O)cc1Cl. The van der Waals surface area contributed by atoms with Crippen molar-refractivity contribution in [2.75, 3.05) is 4.90 Å². The highest BCUT2D eigenvalue weighted by Gasteiger charge is 2.37. The number of carbonyl (C=O) groups excluding carboxylic acids is 3. The van der Waals surface area contributed by atoms with Gasteiger partial charge in [0, 0.05) is 20.9 Å². The quantitative estimate of drug-likeness (QED) is 0.309. The summed E-state index contributed by atoms with van der Waals surface area (Å²) in [4.78, 5) is 38.8. The van der Waals surface area contributed by atoms with E-state index in [2.05, 4.69) is 21.2 Å². The van der Waals surface area contributed by atoms with Crippen molar-refractivity contribution in [2.45, 2.75) is 13.3 Å². The van der Waals surface area contributed by atoms with E-state index in [0.29, 0.717) is 22.0 Å². The zero-order valence-electron chi connectivity index (χ0n) is 17.4. The predicted molar refractivity (Wildman–Crippen MR) is 134 cm³/mol. The number of carbonyl (C=O) groups is 3. The molecule has 1 aliphatic rings. The summed E-state index contributed by atoms with van der Waals surface area (Å²) in [5.74, 6) is -1.48. The van der Waals surface area contributed by atoms with Gasteiger partial charge in [0.25, 0.3) is 11.8 Å². The molecule has 0 saturated carbocycles. The van der Waals surface area contributed by atoms with E-state index in [0.717, 1.165) is 26.1 Å². The van der Waals surface area contributed by atoms with Crippen molar-refractivity contribution >= 4 is 68.7 Å². The summed E-state index contributed by atoms with van der Waals surface area (Å²) in [7, 11) is 0. The summed E-state index contributed by atoms with van der Waals surface area (Å²) in [5, 5.41) is 3.31. The third kappa shape index (κ3) is 4.88. The highest BCUT2D eigenvalue weighted by molar-refractivity contribution is 9.10. The monoisotopic (exact) mass is 542 g/mol. The zero-order chi connectivity index (χ0) is 23.7. The summed E-state index contributed by atoms with van der Waals surface area (Å²) >= 11 is 16.0. The van der Waals surface area contributed by atoms with Gasteiger partial charge in [0.05, 0.1) is 5.69 Å². The van der Waals surface area contributed by atoms with Crippen molar-refractivity contribution in [2.24, 2.45) is 0 Å². The first kappa shape index (κ1) is 23.2. The number of anilines is 1. The van der Waals surface area contributed by atoms with E-state index >= 15 is 0 Å². The van der Waals surface area contributed by atoms with Crippen LogP contribution in [0, 0.1) is 6.92 Å². The number of halogens is 3. The topological polar surface area (TPSA) is 66.5 Å². The van der Waals surface area contributed by atoms with E-state index in [-0.39, 0.29) is 11.3 Å². The second-order valence-electron chi connectivity index (χ2n) is 7.51. The molecular formula is C25H17BrCl2N2O3. The van der Waals surface area contributed by atoms with Crippen LogP contribution in [0.1, 0.15) is 22.3 Å². The first-order chi connectivity index (χ1) is 15.7. The molecule has 1 saturated heterocycles. The molecule has 0 radical (unpaired) electrons. The Morgan fingerprint density at radius 1 is 0.939 bits per heavy atom. The maximum absolute atomic E-state index is 13.1. The van der Waals surface area contributed by atoms with Crippen LogP contribution in [0.3, 0.4) is 0 Å². The third-order valence-corrected chi connectivity index (χ3v) is 6.76. The third-order valence-electron chi connectivity index (χ3n) is 5.24. The normalized spacial score (nSPS) is 15.2. The van der Waals surface area contributed by atoms with E-state index < -0.39 is 17.8 Å². The van der Waals surface area contributed by atoms with Crippen LogP contribution in [0.15, 0.2) is 70.7 Å². The molecule has 5 nitrogen and oxygen atoms in total. The van der Waals surface area contributed by atoms with E-state index in [9.17, 15) is 14.4 Å². The van der Waals surface area contributed by atoms with E-state index in [4.69, 9.17) is 23.2 Å². The number of benzene rings is 3. The molecule has 4 amide bonds. The molecular weight excluding hydrogens is 527 g/mol. The van der Waals surface area contributed by atoms with Gasteiger partial charge in [-0.3, -0.25) is 14.9 Å². The van der Waals surface area contributed by atoms with Gasteiger partial charge in [-0.05, 0) is 59.5 Å². The molecule has 0 unspecified atom stereocenters. The number of aryl methyl sites for hydroxylation is 1. The fourth-order valence-electron chi connectivity index (χ4n) is 3.42. The number of rotatable bonds is 4. The Bertz CT molecular complexity index is 1340. The fourth-order valence-corrected chi connectivity index (χ4v) is 4.34. The van der Waals surface area contributed by atoms with Gasteiger partial charge in [-0.15, -0.1) is 0 Å². The lowest BCUT2D eigenvalue weighted by atomic mass is 10.0. The minimum atomic E-state index is -0.821. The molecule has 1 heterocycles. The standard InChI is InChI=1S/C25H17BrCl2N2O3/c1-14-6-9-18(13-22(14)28)30-24(32)19(23(31)29-25(30)33)10-15-7-8-16(20(26)11-15)12-17-4-2-3-5-21(17)27/h2-11,13H,12H2,1H3,(H,29,31,33)/b19-10+. The second kappa shape index (κ2) is 9.51. The molecule has 1 N–H and O–H groups in total. The van der Waals surface area contributed by atoms with Crippen molar-refractivity contribution in [1.82, 2.24) is 5.32 Å². The van der Waals surface area contributed by atoms with Gasteiger partial charge in [0.15, 0.2) is 0 Å². The Labute approximate surface area is 209 Å². The first-order valence-corrected chi connectivity index (χ1v) is 11.5. The lowest BCUT2D eigenvalue weighted by Crippen LogP contribution is -2.54. The highest BCUT2D eigenvalue weighted by Crippen LogP contribution is 2.28. The first-order valence-electron chi connectivity index (χ1n) is 9.94. The zero-order valence-corrected chi connectivity index (χ0v) is 20.5. The summed E-state index contributed by atoms with van der Waals surface area (Å²) in [6.07, 6.45) is 2.07. The molecule has 166 valence electrons. The number of amides is 4. The van der Waals surface area contributed by atoms with Crippen molar-refractivity contribution < 1.29 is 14.4 Å². The van der Waals surface area contributed by atoms with E-state index in [1.54, 1.807) is 18.2 Å². The predicted octanol–water partition coefficient (Wildman–Crippen LogP) is 6.32. The Kier molecular flexibility index (Phi) is 6.70. The molecule has 33 heavy (non-hydrogen) atoms. The maximum atomic E-state index is 13.1. The molecule has 8 heteroatoms. The number of barbiturate groups is 1. The van der Waals surface area contributed by atoms with Crippen LogP contribution in [0.4, 0.5) is 10.5 Å². The van der Waals surface area contributed by atoms with Crippen molar-refractivity contribution in [3.8, 4) is 0 Å². The molecule has 1 fully saturated rings. The van der Waals surface area contributed by atoms with Crippen LogP contribution >= 0.6 is 39.1 Å². The molecule has 0 aliphatic carbocycles. The van der Waals surface area contributed by atoms with Crippen molar-refractivity contribution in [3.05, 3.63) is 103 Å². The molecule has 1 aliphatic heterocycles. The Morgan fingerprint density at radius 3 is 2.39 bits per heavy atom. The van der Waals surface area contributed by atoms with Gasteiger partial charge < -0.3 is 0 Å². The smallest absolute Gasteiger partial charge is 0.273 e. The number of hydrogen-bond donors (Lipinski definition) is 1. The molecule has 0 spiro atoms. The molecule has 4 rings (SSSR count). The molecule has 3 aromatic carbocycles. The van der Waals surface area contributed by atoms with Crippen LogP contribution in [-0.4, -0.2) is 17.8 Å². The molecule has 0 atom stereocenters. The van der Waals surface area contributed by atoms with Crippen LogP contribution in [0.5, 0.6) is 0 Å². The summed E-state index contributed by atoms with van der Waals surface area (Å²) in [6.45, 7) is 1.81. The Hall–Kier alpha value is -2.93. The van der Waals surface area contributed by atoms with Crippen LogP contribution in [0.25, 0.3) is 6.08 Å². The van der Waals surface area contributed by atoms with Crippen LogP contribution in [-0.2, 0) is 16.0 Å². The fraction of sp³-hybridized carbons (Fsp3) is 0.0800. The van der Waals surface area contributed by atoms with Gasteiger partial charge in [-0.25, -0.2) is 9.69 Å². The lowest BCUT2D eigenvalue weighted by Gasteiger charge is -2.26. The highest BCUT2D eigenvalue weighted by atomic mass is 79.9. The van der Waals surface area contributed by atoms with E-state index in [1.807, 2.05) is 43.3 Å². The number of nitrogens with one attached hydrogen (secondary N) is 1. The van der Waals surface area contributed by atoms with Gasteiger partial charge in [-0.2, -0.15) is 0 Å². The van der Waals surface area contributed by atoms with Gasteiger partial charge >= 0.3 is 6.03 Å². The average Bonchev–Trinajstić information content (AvgIpc) is 2.76. The van der Waals surface area contributed by atoms with Crippen LogP contribution < -0.4 is 10.2 Å². The molecule has 3 aromatic rings.